The summed E-state index contributed by atoms with van der Waals surface area (Å²) in [7, 11) is 0. The van der Waals surface area contributed by atoms with E-state index < -0.39 is 5.97 Å². The molecule has 0 heterocycles. The summed E-state index contributed by atoms with van der Waals surface area (Å²) < 4.78 is 5.47. The third-order valence-electron chi connectivity index (χ3n) is 3.02. The van der Waals surface area contributed by atoms with Gasteiger partial charge < -0.3 is 9.84 Å². The number of carboxylic acids is 1. The van der Waals surface area contributed by atoms with Crippen molar-refractivity contribution in [3.63, 3.8) is 0 Å². The van der Waals surface area contributed by atoms with Crippen molar-refractivity contribution >= 4 is 5.97 Å². The normalized spacial score (nSPS) is 12.4. The Morgan fingerprint density at radius 1 is 1.42 bits per heavy atom. The van der Waals surface area contributed by atoms with Crippen LogP contribution in [0.25, 0.3) is 0 Å². The van der Waals surface area contributed by atoms with Crippen molar-refractivity contribution in [2.24, 2.45) is 5.92 Å². The molecule has 0 aromatic heterocycles. The number of ether oxygens (including phenoxy) is 1. The molecule has 1 atom stereocenters. The minimum absolute atomic E-state index is 0.352. The van der Waals surface area contributed by atoms with Crippen molar-refractivity contribution in [1.82, 2.24) is 4.90 Å². The van der Waals surface area contributed by atoms with Gasteiger partial charge in [-0.2, -0.15) is 0 Å². The van der Waals surface area contributed by atoms with Crippen LogP contribution in [-0.4, -0.2) is 35.7 Å². The fourth-order valence-corrected chi connectivity index (χ4v) is 1.93. The molecule has 0 fully saturated rings. The quantitative estimate of drug-likeness (QED) is 0.785. The van der Waals surface area contributed by atoms with E-state index in [0.717, 1.165) is 24.4 Å². The molecule has 1 rings (SSSR count). The van der Waals surface area contributed by atoms with Crippen LogP contribution in [-0.2, 0) is 11.3 Å². The molecule has 0 bridgehead atoms. The second-order valence-corrected chi connectivity index (χ2v) is 4.65. The Bertz CT molecular complexity index is 406. The maximum atomic E-state index is 10.9. The molecule has 4 heteroatoms. The summed E-state index contributed by atoms with van der Waals surface area (Å²) in [5.41, 5.74) is 1.14. The summed E-state index contributed by atoms with van der Waals surface area (Å²) in [6.07, 6.45) is 0. The van der Waals surface area contributed by atoms with E-state index in [4.69, 9.17) is 9.84 Å². The molecule has 0 amide bonds. The molecule has 19 heavy (non-hydrogen) atoms. The van der Waals surface area contributed by atoms with Crippen LogP contribution in [0.1, 0.15) is 26.3 Å². The molecule has 1 unspecified atom stereocenters. The Kier molecular flexibility index (Phi) is 6.36. The average Bonchev–Trinajstić information content (AvgIpc) is 2.38. The van der Waals surface area contributed by atoms with Crippen LogP contribution in [0, 0.1) is 5.92 Å². The molecule has 4 nitrogen and oxygen atoms in total. The second-order valence-electron chi connectivity index (χ2n) is 4.65. The van der Waals surface area contributed by atoms with E-state index in [9.17, 15) is 4.79 Å². The highest BCUT2D eigenvalue weighted by Gasteiger charge is 2.15. The van der Waals surface area contributed by atoms with Crippen LogP contribution >= 0.6 is 0 Å². The van der Waals surface area contributed by atoms with Crippen LogP contribution in [0.2, 0.25) is 0 Å². The van der Waals surface area contributed by atoms with Gasteiger partial charge in [-0.15, -0.1) is 0 Å². The molecule has 0 radical (unpaired) electrons. The van der Waals surface area contributed by atoms with E-state index in [0.29, 0.717) is 13.2 Å². The van der Waals surface area contributed by atoms with Crippen molar-refractivity contribution in [1.29, 1.82) is 0 Å². The standard InChI is InChI=1S/C15H23NO3/c1-4-16(10-12(3)15(17)18)11-13-7-6-8-14(9-13)19-5-2/h6-9,12H,4-5,10-11H2,1-3H3,(H,17,18). The lowest BCUT2D eigenvalue weighted by atomic mass is 10.1. The topological polar surface area (TPSA) is 49.8 Å². The predicted octanol–water partition coefficient (Wildman–Crippen LogP) is 2.63. The lowest BCUT2D eigenvalue weighted by molar-refractivity contribution is -0.141. The van der Waals surface area contributed by atoms with Gasteiger partial charge in [0.25, 0.3) is 0 Å². The Balaban J connectivity index is 2.64. The van der Waals surface area contributed by atoms with Crippen LogP contribution < -0.4 is 4.74 Å². The van der Waals surface area contributed by atoms with Gasteiger partial charge in [0.2, 0.25) is 0 Å². The number of hydrogen-bond donors (Lipinski definition) is 1. The number of nitrogens with zero attached hydrogens (tertiary/aromatic N) is 1. The van der Waals surface area contributed by atoms with Crippen LogP contribution in [0.15, 0.2) is 24.3 Å². The highest BCUT2D eigenvalue weighted by Crippen LogP contribution is 2.15. The van der Waals surface area contributed by atoms with Crippen molar-refractivity contribution in [3.8, 4) is 5.75 Å². The van der Waals surface area contributed by atoms with Gasteiger partial charge in [0.1, 0.15) is 5.75 Å². The van der Waals surface area contributed by atoms with E-state index in [1.165, 1.54) is 0 Å². The van der Waals surface area contributed by atoms with E-state index in [1.54, 1.807) is 6.92 Å². The molecular weight excluding hydrogens is 242 g/mol. The van der Waals surface area contributed by atoms with E-state index in [2.05, 4.69) is 4.90 Å². The maximum Gasteiger partial charge on any atom is 0.307 e. The smallest absolute Gasteiger partial charge is 0.307 e. The van der Waals surface area contributed by atoms with Crippen molar-refractivity contribution in [3.05, 3.63) is 29.8 Å². The highest BCUT2D eigenvalue weighted by atomic mass is 16.5. The number of carbonyl (C=O) groups is 1. The molecule has 0 saturated carbocycles. The van der Waals surface area contributed by atoms with Crippen LogP contribution in [0.3, 0.4) is 0 Å². The first-order chi connectivity index (χ1) is 9.06. The largest absolute Gasteiger partial charge is 0.494 e. The van der Waals surface area contributed by atoms with Gasteiger partial charge in [-0.05, 0) is 31.2 Å². The van der Waals surface area contributed by atoms with Crippen molar-refractivity contribution < 1.29 is 14.6 Å². The molecule has 1 N–H and O–H groups in total. The first-order valence-corrected chi connectivity index (χ1v) is 6.73. The van der Waals surface area contributed by atoms with Crippen molar-refractivity contribution in [2.75, 3.05) is 19.7 Å². The Hall–Kier alpha value is -1.55. The van der Waals surface area contributed by atoms with Gasteiger partial charge in [-0.3, -0.25) is 9.69 Å². The average molecular weight is 265 g/mol. The monoisotopic (exact) mass is 265 g/mol. The Labute approximate surface area is 115 Å². The molecule has 0 saturated heterocycles. The zero-order chi connectivity index (χ0) is 14.3. The molecule has 0 aliphatic rings. The zero-order valence-corrected chi connectivity index (χ0v) is 11.9. The lowest BCUT2D eigenvalue weighted by Gasteiger charge is -2.22. The highest BCUT2D eigenvalue weighted by molar-refractivity contribution is 5.69. The molecule has 0 aliphatic carbocycles. The first-order valence-electron chi connectivity index (χ1n) is 6.73. The number of aliphatic carboxylic acids is 1. The summed E-state index contributed by atoms with van der Waals surface area (Å²) in [4.78, 5) is 13.0. The fourth-order valence-electron chi connectivity index (χ4n) is 1.93. The number of carboxylic acid groups (broad SMARTS) is 1. The molecule has 106 valence electrons. The van der Waals surface area contributed by atoms with E-state index >= 15 is 0 Å². The van der Waals surface area contributed by atoms with Gasteiger partial charge >= 0.3 is 5.97 Å². The van der Waals surface area contributed by atoms with Gasteiger partial charge in [0.15, 0.2) is 0 Å². The number of hydrogen-bond acceptors (Lipinski definition) is 3. The summed E-state index contributed by atoms with van der Waals surface area (Å²) in [6, 6.07) is 7.95. The van der Waals surface area contributed by atoms with Gasteiger partial charge in [-0.25, -0.2) is 0 Å². The summed E-state index contributed by atoms with van der Waals surface area (Å²) >= 11 is 0. The van der Waals surface area contributed by atoms with Gasteiger partial charge in [-0.1, -0.05) is 26.0 Å². The molecule has 1 aromatic rings. The number of rotatable bonds is 8. The molecule has 0 aliphatic heterocycles. The third-order valence-corrected chi connectivity index (χ3v) is 3.02. The first kappa shape index (κ1) is 15.5. The number of benzene rings is 1. The van der Waals surface area contributed by atoms with Gasteiger partial charge in [0.05, 0.1) is 12.5 Å². The maximum absolute atomic E-state index is 10.9. The Morgan fingerprint density at radius 2 is 2.16 bits per heavy atom. The van der Waals surface area contributed by atoms with Crippen LogP contribution in [0.4, 0.5) is 0 Å². The SMILES string of the molecule is CCOc1cccc(CN(CC)CC(C)C(=O)O)c1. The molecular formula is C15H23NO3. The molecule has 1 aromatic carbocycles. The van der Waals surface area contributed by atoms with Crippen LogP contribution in [0.5, 0.6) is 5.75 Å². The molecule has 0 spiro atoms. The summed E-state index contributed by atoms with van der Waals surface area (Å²) in [5, 5.41) is 8.96. The lowest BCUT2D eigenvalue weighted by Crippen LogP contribution is -2.31. The minimum Gasteiger partial charge on any atom is -0.494 e. The summed E-state index contributed by atoms with van der Waals surface area (Å²) in [6.45, 7) is 8.52. The van der Waals surface area contributed by atoms with E-state index in [1.807, 2.05) is 38.1 Å². The van der Waals surface area contributed by atoms with Gasteiger partial charge in [0, 0.05) is 13.1 Å². The van der Waals surface area contributed by atoms with E-state index in [-0.39, 0.29) is 5.92 Å². The minimum atomic E-state index is -0.749. The third kappa shape index (κ3) is 5.30. The Morgan fingerprint density at radius 3 is 2.74 bits per heavy atom. The predicted molar refractivity (Wildman–Crippen MR) is 75.4 cm³/mol. The second kappa shape index (κ2) is 7.79. The fraction of sp³-hybridized carbons (Fsp3) is 0.533. The zero-order valence-electron chi connectivity index (χ0n) is 11.9. The van der Waals surface area contributed by atoms with Crippen molar-refractivity contribution in [2.45, 2.75) is 27.3 Å². The summed E-state index contributed by atoms with van der Waals surface area (Å²) in [5.74, 6) is -0.237.